The lowest BCUT2D eigenvalue weighted by Crippen LogP contribution is -2.47. The van der Waals surface area contributed by atoms with Gasteiger partial charge in [0.1, 0.15) is 0 Å². The number of hydrogen-bond acceptors (Lipinski definition) is 2. The van der Waals surface area contributed by atoms with Gasteiger partial charge in [0, 0.05) is 24.7 Å². The van der Waals surface area contributed by atoms with Crippen LogP contribution >= 0.6 is 0 Å². The maximum absolute atomic E-state index is 6.04. The Morgan fingerprint density at radius 1 is 1.15 bits per heavy atom. The average molecular weight is 184 g/mol. The Balaban J connectivity index is 2.62. The van der Waals surface area contributed by atoms with Crippen LogP contribution in [0.25, 0.3) is 0 Å². The second-order valence-electron chi connectivity index (χ2n) is 5.52. The molecule has 0 saturated carbocycles. The second kappa shape index (κ2) is 3.97. The van der Waals surface area contributed by atoms with Crippen LogP contribution in [0.4, 0.5) is 0 Å². The quantitative estimate of drug-likeness (QED) is 0.622. The van der Waals surface area contributed by atoms with Gasteiger partial charge in [0.05, 0.1) is 0 Å². The first kappa shape index (κ1) is 11.0. The molecule has 2 unspecified atom stereocenters. The van der Waals surface area contributed by atoms with Gasteiger partial charge in [-0.15, -0.1) is 0 Å². The summed E-state index contributed by atoms with van der Waals surface area (Å²) in [5.41, 5.74) is 6.32. The van der Waals surface area contributed by atoms with Crippen molar-refractivity contribution in [3.05, 3.63) is 0 Å². The summed E-state index contributed by atoms with van der Waals surface area (Å²) in [6.07, 6.45) is 2.47. The van der Waals surface area contributed by atoms with E-state index >= 15 is 0 Å². The van der Waals surface area contributed by atoms with Gasteiger partial charge in [-0.3, -0.25) is 4.90 Å². The summed E-state index contributed by atoms with van der Waals surface area (Å²) in [6, 6.07) is 0.379. The predicted octanol–water partition coefficient (Wildman–Crippen LogP) is 1.84. The van der Waals surface area contributed by atoms with Gasteiger partial charge >= 0.3 is 0 Å². The van der Waals surface area contributed by atoms with Gasteiger partial charge in [-0.05, 0) is 39.5 Å². The maximum Gasteiger partial charge on any atom is 0.0168 e. The molecule has 0 aromatic carbocycles. The van der Waals surface area contributed by atoms with Crippen LogP contribution in [0.2, 0.25) is 0 Å². The van der Waals surface area contributed by atoms with Gasteiger partial charge in [0.25, 0.3) is 0 Å². The summed E-state index contributed by atoms with van der Waals surface area (Å²) in [7, 11) is 0. The van der Waals surface area contributed by atoms with Crippen LogP contribution in [0.5, 0.6) is 0 Å². The van der Waals surface area contributed by atoms with Crippen LogP contribution < -0.4 is 5.73 Å². The van der Waals surface area contributed by atoms with Crippen molar-refractivity contribution in [2.75, 3.05) is 13.1 Å². The highest BCUT2D eigenvalue weighted by Crippen LogP contribution is 2.22. The Kier molecular flexibility index (Phi) is 3.36. The third-order valence-electron chi connectivity index (χ3n) is 2.97. The van der Waals surface area contributed by atoms with E-state index in [9.17, 15) is 0 Å². The third kappa shape index (κ3) is 3.28. The highest BCUT2D eigenvalue weighted by Gasteiger charge is 2.27. The van der Waals surface area contributed by atoms with E-state index in [2.05, 4.69) is 32.6 Å². The average Bonchev–Trinajstić information content (AvgIpc) is 2.12. The first-order chi connectivity index (χ1) is 5.89. The van der Waals surface area contributed by atoms with Gasteiger partial charge in [0.2, 0.25) is 0 Å². The molecule has 2 heteroatoms. The monoisotopic (exact) mass is 184 g/mol. The molecule has 1 saturated heterocycles. The fourth-order valence-electron chi connectivity index (χ4n) is 1.96. The molecule has 1 fully saturated rings. The standard InChI is InChI=1S/C11H24N2/c1-9-5-6-10(12)8-13(7-9)11(2,3)4/h9-10H,5-8,12H2,1-4H3. The van der Waals surface area contributed by atoms with Gasteiger partial charge in [-0.1, -0.05) is 6.92 Å². The summed E-state index contributed by atoms with van der Waals surface area (Å²) >= 11 is 0. The van der Waals surface area contributed by atoms with E-state index in [-0.39, 0.29) is 5.54 Å². The molecule has 2 atom stereocenters. The molecule has 78 valence electrons. The van der Waals surface area contributed by atoms with Crippen LogP contribution in [0, 0.1) is 5.92 Å². The maximum atomic E-state index is 6.04. The van der Waals surface area contributed by atoms with E-state index in [4.69, 9.17) is 5.73 Å². The smallest absolute Gasteiger partial charge is 0.0168 e. The third-order valence-corrected chi connectivity index (χ3v) is 2.97. The molecule has 0 aromatic heterocycles. The highest BCUT2D eigenvalue weighted by atomic mass is 15.2. The normalized spacial score (nSPS) is 33.0. The second-order valence-corrected chi connectivity index (χ2v) is 5.52. The molecule has 0 aromatic rings. The molecule has 0 spiro atoms. The Hall–Kier alpha value is -0.0800. The molecule has 1 aliphatic rings. The molecule has 0 radical (unpaired) electrons. The van der Waals surface area contributed by atoms with Gasteiger partial charge in [-0.2, -0.15) is 0 Å². The molecule has 0 bridgehead atoms. The predicted molar refractivity (Wildman–Crippen MR) is 57.7 cm³/mol. The Morgan fingerprint density at radius 3 is 2.31 bits per heavy atom. The van der Waals surface area contributed by atoms with E-state index < -0.39 is 0 Å². The largest absolute Gasteiger partial charge is 0.327 e. The zero-order chi connectivity index (χ0) is 10.1. The Bertz CT molecular complexity index is 148. The minimum Gasteiger partial charge on any atom is -0.327 e. The number of nitrogens with two attached hydrogens (primary N) is 1. The zero-order valence-electron chi connectivity index (χ0n) is 9.51. The van der Waals surface area contributed by atoms with Crippen molar-refractivity contribution in [1.29, 1.82) is 0 Å². The van der Waals surface area contributed by atoms with E-state index in [0.717, 1.165) is 12.5 Å². The fourth-order valence-corrected chi connectivity index (χ4v) is 1.96. The number of likely N-dealkylation sites (tertiary alicyclic amines) is 1. The molecule has 1 rings (SSSR count). The summed E-state index contributed by atoms with van der Waals surface area (Å²) in [5.74, 6) is 0.799. The van der Waals surface area contributed by atoms with Gasteiger partial charge in [-0.25, -0.2) is 0 Å². The van der Waals surface area contributed by atoms with Crippen LogP contribution in [0.1, 0.15) is 40.5 Å². The minimum atomic E-state index is 0.274. The van der Waals surface area contributed by atoms with E-state index in [0.29, 0.717) is 6.04 Å². The Morgan fingerprint density at radius 2 is 1.77 bits per heavy atom. The minimum absolute atomic E-state index is 0.274. The van der Waals surface area contributed by atoms with Crippen molar-refractivity contribution in [2.24, 2.45) is 11.7 Å². The van der Waals surface area contributed by atoms with Gasteiger partial charge in [0.15, 0.2) is 0 Å². The Labute approximate surface area is 82.5 Å². The van der Waals surface area contributed by atoms with Crippen LogP contribution in [-0.4, -0.2) is 29.6 Å². The number of hydrogen-bond donors (Lipinski definition) is 1. The van der Waals surface area contributed by atoms with Crippen molar-refractivity contribution in [1.82, 2.24) is 4.90 Å². The first-order valence-electron chi connectivity index (χ1n) is 5.40. The molecule has 1 aliphatic heterocycles. The van der Waals surface area contributed by atoms with Crippen molar-refractivity contribution >= 4 is 0 Å². The van der Waals surface area contributed by atoms with E-state index in [1.807, 2.05) is 0 Å². The summed E-state index contributed by atoms with van der Waals surface area (Å²) in [4.78, 5) is 2.52. The highest BCUT2D eigenvalue weighted by molar-refractivity contribution is 4.84. The lowest BCUT2D eigenvalue weighted by molar-refractivity contribution is 0.122. The zero-order valence-corrected chi connectivity index (χ0v) is 9.51. The number of nitrogens with zero attached hydrogens (tertiary/aromatic N) is 1. The lowest BCUT2D eigenvalue weighted by Gasteiger charge is -2.36. The lowest BCUT2D eigenvalue weighted by atomic mass is 10.0. The first-order valence-corrected chi connectivity index (χ1v) is 5.40. The van der Waals surface area contributed by atoms with Crippen molar-refractivity contribution in [3.63, 3.8) is 0 Å². The van der Waals surface area contributed by atoms with E-state index in [1.54, 1.807) is 0 Å². The molecular formula is C11H24N2. The molecular weight excluding hydrogens is 160 g/mol. The topological polar surface area (TPSA) is 29.3 Å². The summed E-state index contributed by atoms with van der Waals surface area (Å²) in [5, 5.41) is 0. The van der Waals surface area contributed by atoms with Crippen molar-refractivity contribution < 1.29 is 0 Å². The molecule has 2 N–H and O–H groups in total. The SMILES string of the molecule is CC1CCC(N)CN(C(C)(C)C)C1. The molecule has 1 heterocycles. The fraction of sp³-hybridized carbons (Fsp3) is 1.00. The van der Waals surface area contributed by atoms with E-state index in [1.165, 1.54) is 19.4 Å². The van der Waals surface area contributed by atoms with Crippen molar-refractivity contribution in [3.8, 4) is 0 Å². The molecule has 0 amide bonds. The number of rotatable bonds is 0. The van der Waals surface area contributed by atoms with Crippen LogP contribution in [0.15, 0.2) is 0 Å². The van der Waals surface area contributed by atoms with Crippen LogP contribution in [-0.2, 0) is 0 Å². The molecule has 13 heavy (non-hydrogen) atoms. The molecule has 2 nitrogen and oxygen atoms in total. The summed E-state index contributed by atoms with van der Waals surface area (Å²) < 4.78 is 0. The van der Waals surface area contributed by atoms with Crippen LogP contribution in [0.3, 0.4) is 0 Å². The summed E-state index contributed by atoms with van der Waals surface area (Å²) in [6.45, 7) is 11.4. The van der Waals surface area contributed by atoms with Gasteiger partial charge < -0.3 is 5.73 Å². The molecule has 0 aliphatic carbocycles. The van der Waals surface area contributed by atoms with Crippen molar-refractivity contribution in [2.45, 2.75) is 52.1 Å².